The third kappa shape index (κ3) is 3.25. The highest BCUT2D eigenvalue weighted by Gasteiger charge is 2.20. The average Bonchev–Trinajstić information content (AvgIpc) is 2.49. The third-order valence-electron chi connectivity index (χ3n) is 3.31. The zero-order valence-corrected chi connectivity index (χ0v) is 15.2. The van der Waals surface area contributed by atoms with E-state index in [2.05, 4.69) is 31.9 Å². The van der Waals surface area contributed by atoms with E-state index in [9.17, 15) is 5.11 Å². The smallest absolute Gasteiger partial charge is 0.142 e. The number of hydrogen-bond donors (Lipinski definition) is 1. The molecule has 1 atom stereocenters. The Morgan fingerprint density at radius 3 is 2.33 bits per heavy atom. The summed E-state index contributed by atoms with van der Waals surface area (Å²) in [7, 11) is 3.16. The van der Waals surface area contributed by atoms with Crippen molar-refractivity contribution in [1.29, 1.82) is 0 Å². The molecular weight excluding hydrogens is 400 g/mol. The molecule has 0 amide bonds. The van der Waals surface area contributed by atoms with Gasteiger partial charge in [-0.15, -0.1) is 0 Å². The number of aliphatic hydroxyl groups is 1. The van der Waals surface area contributed by atoms with Crippen LogP contribution in [0.4, 0.5) is 0 Å². The Morgan fingerprint density at radius 2 is 1.76 bits per heavy atom. The van der Waals surface area contributed by atoms with Crippen LogP contribution in [0.15, 0.2) is 39.3 Å². The van der Waals surface area contributed by atoms with Gasteiger partial charge < -0.3 is 14.6 Å². The molecule has 0 aliphatic rings. The summed E-state index contributed by atoms with van der Waals surface area (Å²) in [4.78, 5) is 0. The van der Waals surface area contributed by atoms with Gasteiger partial charge in [-0.05, 0) is 52.2 Å². The van der Waals surface area contributed by atoms with Gasteiger partial charge in [-0.2, -0.15) is 0 Å². The molecule has 0 radical (unpaired) electrons. The molecule has 5 heteroatoms. The largest absolute Gasteiger partial charge is 0.495 e. The van der Waals surface area contributed by atoms with Crippen LogP contribution in [0.25, 0.3) is 0 Å². The Hall–Kier alpha value is -1.04. The number of aliphatic hydroxyl groups excluding tert-OH is 1. The summed E-state index contributed by atoms with van der Waals surface area (Å²) in [5, 5.41) is 10.7. The Labute approximate surface area is 141 Å². The summed E-state index contributed by atoms with van der Waals surface area (Å²) in [6.45, 7) is 1.99. The quantitative estimate of drug-likeness (QED) is 0.791. The van der Waals surface area contributed by atoms with Gasteiger partial charge in [0.05, 0.1) is 14.2 Å². The molecular formula is C16H16Br2O3. The lowest BCUT2D eigenvalue weighted by Crippen LogP contribution is -2.04. The van der Waals surface area contributed by atoms with Crippen molar-refractivity contribution in [2.45, 2.75) is 13.0 Å². The van der Waals surface area contributed by atoms with Gasteiger partial charge in [0, 0.05) is 10.0 Å². The molecule has 3 nitrogen and oxygen atoms in total. The molecule has 0 bridgehead atoms. The van der Waals surface area contributed by atoms with Gasteiger partial charge in [-0.3, -0.25) is 0 Å². The number of halogens is 2. The molecule has 2 aromatic carbocycles. The van der Waals surface area contributed by atoms with Crippen molar-refractivity contribution < 1.29 is 14.6 Å². The van der Waals surface area contributed by atoms with E-state index >= 15 is 0 Å². The zero-order valence-electron chi connectivity index (χ0n) is 12.0. The van der Waals surface area contributed by atoms with Crippen molar-refractivity contribution in [1.82, 2.24) is 0 Å². The highest BCUT2D eigenvalue weighted by atomic mass is 79.9. The van der Waals surface area contributed by atoms with Crippen LogP contribution >= 0.6 is 31.9 Å². The highest BCUT2D eigenvalue weighted by molar-refractivity contribution is 9.11. The van der Waals surface area contributed by atoms with Gasteiger partial charge in [-0.1, -0.05) is 28.1 Å². The van der Waals surface area contributed by atoms with Crippen LogP contribution in [0.3, 0.4) is 0 Å². The first kappa shape index (κ1) is 16.3. The number of ether oxygens (including phenoxy) is 2. The maximum absolute atomic E-state index is 10.7. The second-order valence-corrected chi connectivity index (χ2v) is 6.26. The fourth-order valence-corrected chi connectivity index (χ4v) is 3.08. The van der Waals surface area contributed by atoms with Crippen molar-refractivity contribution in [3.8, 4) is 11.5 Å². The fourth-order valence-electron chi connectivity index (χ4n) is 2.15. The van der Waals surface area contributed by atoms with Gasteiger partial charge in [-0.25, -0.2) is 0 Å². The molecule has 0 spiro atoms. The number of aryl methyl sites for hydroxylation is 1. The van der Waals surface area contributed by atoms with Crippen LogP contribution in [0.1, 0.15) is 22.8 Å². The number of hydrogen-bond acceptors (Lipinski definition) is 3. The first-order chi connectivity index (χ1) is 9.99. The second-order valence-electron chi connectivity index (χ2n) is 4.62. The molecule has 112 valence electrons. The predicted molar refractivity (Wildman–Crippen MR) is 90.2 cm³/mol. The molecule has 1 N–H and O–H groups in total. The molecule has 0 saturated heterocycles. The molecule has 0 aromatic heterocycles. The lowest BCUT2D eigenvalue weighted by atomic mass is 9.99. The summed E-state index contributed by atoms with van der Waals surface area (Å²) in [5.41, 5.74) is 2.57. The predicted octanol–water partition coefficient (Wildman–Crippen LogP) is 4.62. The Bertz CT molecular complexity index is 656. The van der Waals surface area contributed by atoms with Crippen LogP contribution in [0.2, 0.25) is 0 Å². The Kier molecular flexibility index (Phi) is 5.30. The Morgan fingerprint density at radius 1 is 1.05 bits per heavy atom. The van der Waals surface area contributed by atoms with E-state index in [4.69, 9.17) is 9.47 Å². The van der Waals surface area contributed by atoms with Crippen LogP contribution in [-0.2, 0) is 0 Å². The molecule has 2 rings (SSSR count). The minimum absolute atomic E-state index is 0.572. The van der Waals surface area contributed by atoms with Crippen LogP contribution < -0.4 is 9.47 Å². The lowest BCUT2D eigenvalue weighted by molar-refractivity contribution is 0.214. The second kappa shape index (κ2) is 6.81. The number of methoxy groups -OCH3 is 2. The van der Waals surface area contributed by atoms with Gasteiger partial charge in [0.15, 0.2) is 0 Å². The summed E-state index contributed by atoms with van der Waals surface area (Å²) in [5.74, 6) is 1.23. The number of benzene rings is 2. The summed E-state index contributed by atoms with van der Waals surface area (Å²) >= 11 is 6.91. The maximum atomic E-state index is 10.7. The number of rotatable bonds is 4. The van der Waals surface area contributed by atoms with Gasteiger partial charge in [0.25, 0.3) is 0 Å². The minimum atomic E-state index is -0.769. The van der Waals surface area contributed by atoms with Crippen molar-refractivity contribution in [2.24, 2.45) is 0 Å². The first-order valence-corrected chi connectivity index (χ1v) is 7.92. The normalized spacial score (nSPS) is 12.1. The van der Waals surface area contributed by atoms with E-state index in [-0.39, 0.29) is 0 Å². The monoisotopic (exact) mass is 414 g/mol. The van der Waals surface area contributed by atoms with E-state index in [1.54, 1.807) is 20.3 Å². The minimum Gasteiger partial charge on any atom is -0.495 e. The first-order valence-electron chi connectivity index (χ1n) is 6.34. The molecule has 1 unspecified atom stereocenters. The van der Waals surface area contributed by atoms with Gasteiger partial charge in [0.2, 0.25) is 0 Å². The van der Waals surface area contributed by atoms with Gasteiger partial charge in [0.1, 0.15) is 22.1 Å². The molecule has 21 heavy (non-hydrogen) atoms. The third-order valence-corrected chi connectivity index (χ3v) is 4.95. The van der Waals surface area contributed by atoms with E-state index < -0.39 is 6.10 Å². The van der Waals surface area contributed by atoms with Crippen molar-refractivity contribution in [3.63, 3.8) is 0 Å². The van der Waals surface area contributed by atoms with Crippen LogP contribution in [0.5, 0.6) is 11.5 Å². The molecule has 0 heterocycles. The molecule has 0 saturated carbocycles. The van der Waals surface area contributed by atoms with Gasteiger partial charge >= 0.3 is 0 Å². The Balaban J connectivity index is 2.50. The average molecular weight is 416 g/mol. The molecule has 2 aromatic rings. The molecule has 0 fully saturated rings. The SMILES string of the molecule is COc1ccc(C(O)c2ccc(Br)c(C)c2)c(OC)c1Br. The summed E-state index contributed by atoms with van der Waals surface area (Å²) < 4.78 is 12.4. The van der Waals surface area contributed by atoms with Crippen molar-refractivity contribution in [3.05, 3.63) is 56.0 Å². The van der Waals surface area contributed by atoms with Crippen LogP contribution in [-0.4, -0.2) is 19.3 Å². The standard InChI is InChI=1S/C16H16Br2O3/c1-9-8-10(4-6-12(9)17)15(19)11-5-7-13(20-2)14(18)16(11)21-3/h4-8,15,19H,1-3H3. The van der Waals surface area contributed by atoms with Crippen LogP contribution in [0, 0.1) is 6.92 Å². The molecule has 0 aliphatic heterocycles. The van der Waals surface area contributed by atoms with Crippen molar-refractivity contribution >= 4 is 31.9 Å². The highest BCUT2D eigenvalue weighted by Crippen LogP contribution is 2.41. The van der Waals surface area contributed by atoms with E-state index in [1.807, 2.05) is 31.2 Å². The maximum Gasteiger partial charge on any atom is 0.142 e. The van der Waals surface area contributed by atoms with E-state index in [0.29, 0.717) is 21.5 Å². The summed E-state index contributed by atoms with van der Waals surface area (Å²) in [6.07, 6.45) is -0.769. The zero-order chi connectivity index (χ0) is 15.6. The van der Waals surface area contributed by atoms with Crippen molar-refractivity contribution in [2.75, 3.05) is 14.2 Å². The molecule has 0 aliphatic carbocycles. The van der Waals surface area contributed by atoms with E-state index in [1.165, 1.54) is 0 Å². The topological polar surface area (TPSA) is 38.7 Å². The lowest BCUT2D eigenvalue weighted by Gasteiger charge is -2.18. The van der Waals surface area contributed by atoms with E-state index in [0.717, 1.165) is 15.6 Å². The summed E-state index contributed by atoms with van der Waals surface area (Å²) in [6, 6.07) is 9.38. The fraction of sp³-hybridized carbons (Fsp3) is 0.250.